The topological polar surface area (TPSA) is 78.8 Å². The lowest BCUT2D eigenvalue weighted by Crippen LogP contribution is -2.26. The Morgan fingerprint density at radius 2 is 2.00 bits per heavy atom. The van der Waals surface area contributed by atoms with Gasteiger partial charge in [0.05, 0.1) is 0 Å². The summed E-state index contributed by atoms with van der Waals surface area (Å²) < 4.78 is 4.96. The molecular formula is C11H16BNO4. The molecule has 1 rings (SSSR count). The summed E-state index contributed by atoms with van der Waals surface area (Å²) in [6.07, 6.45) is 0.234. The van der Waals surface area contributed by atoms with Gasteiger partial charge in [-0.2, -0.15) is 0 Å². The van der Waals surface area contributed by atoms with Crippen LogP contribution in [0.15, 0.2) is 30.3 Å². The van der Waals surface area contributed by atoms with Crippen molar-refractivity contribution in [2.45, 2.75) is 19.3 Å². The van der Waals surface area contributed by atoms with Gasteiger partial charge in [-0.25, -0.2) is 4.79 Å². The average molecular weight is 237 g/mol. The van der Waals surface area contributed by atoms with Crippen LogP contribution in [-0.4, -0.2) is 29.8 Å². The summed E-state index contributed by atoms with van der Waals surface area (Å²) in [5.74, 6) is 0. The predicted octanol–water partition coefficient (Wildman–Crippen LogP) is 0.776. The van der Waals surface area contributed by atoms with Crippen molar-refractivity contribution >= 4 is 13.2 Å². The van der Waals surface area contributed by atoms with Gasteiger partial charge in [0.25, 0.3) is 0 Å². The quantitative estimate of drug-likeness (QED) is 0.504. The average Bonchev–Trinajstić information content (AvgIpc) is 2.33. The molecule has 0 heterocycles. The molecule has 0 spiro atoms. The third-order valence-corrected chi connectivity index (χ3v) is 2.12. The lowest BCUT2D eigenvalue weighted by Gasteiger charge is -2.06. The molecule has 0 aliphatic carbocycles. The summed E-state index contributed by atoms with van der Waals surface area (Å²) in [4.78, 5) is 11.2. The first kappa shape index (κ1) is 13.5. The number of hydrogen-bond donors (Lipinski definition) is 3. The minimum Gasteiger partial charge on any atom is -0.445 e. The molecule has 0 aliphatic rings. The summed E-state index contributed by atoms with van der Waals surface area (Å²) in [6, 6.07) is 9.38. The maximum absolute atomic E-state index is 11.2. The molecule has 0 bridgehead atoms. The highest BCUT2D eigenvalue weighted by Crippen LogP contribution is 2.00. The fraction of sp³-hybridized carbons (Fsp3) is 0.364. The number of carbonyl (C=O) groups is 1. The van der Waals surface area contributed by atoms with E-state index in [1.54, 1.807) is 0 Å². The van der Waals surface area contributed by atoms with Gasteiger partial charge in [0.1, 0.15) is 6.61 Å². The van der Waals surface area contributed by atoms with E-state index in [1.807, 2.05) is 30.3 Å². The lowest BCUT2D eigenvalue weighted by atomic mass is 9.85. The maximum Gasteiger partial charge on any atom is 0.451 e. The number of alkyl carbamates (subject to hydrolysis) is 1. The van der Waals surface area contributed by atoms with Gasteiger partial charge in [0, 0.05) is 6.54 Å². The van der Waals surface area contributed by atoms with Crippen molar-refractivity contribution in [1.82, 2.24) is 5.32 Å². The predicted molar refractivity (Wildman–Crippen MR) is 64.2 cm³/mol. The van der Waals surface area contributed by atoms with E-state index in [2.05, 4.69) is 5.32 Å². The summed E-state index contributed by atoms with van der Waals surface area (Å²) in [5, 5.41) is 19.7. The number of carbonyl (C=O) groups excluding carboxylic acids is 1. The van der Waals surface area contributed by atoms with E-state index in [-0.39, 0.29) is 12.9 Å². The second-order valence-corrected chi connectivity index (χ2v) is 3.61. The molecule has 0 saturated heterocycles. The van der Waals surface area contributed by atoms with Gasteiger partial charge in [-0.15, -0.1) is 0 Å². The van der Waals surface area contributed by atoms with Gasteiger partial charge >= 0.3 is 13.2 Å². The number of benzene rings is 1. The minimum atomic E-state index is -1.32. The summed E-state index contributed by atoms with van der Waals surface area (Å²) in [6.45, 7) is 0.598. The third kappa shape index (κ3) is 6.60. The number of hydrogen-bond acceptors (Lipinski definition) is 4. The fourth-order valence-corrected chi connectivity index (χ4v) is 1.25. The van der Waals surface area contributed by atoms with Crippen LogP contribution in [0.4, 0.5) is 4.79 Å². The smallest absolute Gasteiger partial charge is 0.445 e. The van der Waals surface area contributed by atoms with Crippen molar-refractivity contribution in [2.75, 3.05) is 6.54 Å². The van der Waals surface area contributed by atoms with Gasteiger partial charge in [0.15, 0.2) is 0 Å². The fourth-order valence-electron chi connectivity index (χ4n) is 1.25. The minimum absolute atomic E-state index is 0.231. The zero-order chi connectivity index (χ0) is 12.5. The highest BCUT2D eigenvalue weighted by Gasteiger charge is 2.06. The van der Waals surface area contributed by atoms with Gasteiger partial charge in [-0.3, -0.25) is 0 Å². The zero-order valence-electron chi connectivity index (χ0n) is 9.50. The van der Waals surface area contributed by atoms with Crippen LogP contribution < -0.4 is 5.32 Å². The van der Waals surface area contributed by atoms with Crippen molar-refractivity contribution in [2.24, 2.45) is 0 Å². The van der Waals surface area contributed by atoms with E-state index >= 15 is 0 Å². The van der Waals surface area contributed by atoms with E-state index in [4.69, 9.17) is 14.8 Å². The Bertz CT molecular complexity index is 332. The Hall–Kier alpha value is -1.53. The number of nitrogens with one attached hydrogen (secondary N) is 1. The Balaban J connectivity index is 2.09. The van der Waals surface area contributed by atoms with Crippen molar-refractivity contribution < 1.29 is 19.6 Å². The zero-order valence-corrected chi connectivity index (χ0v) is 9.50. The van der Waals surface area contributed by atoms with E-state index < -0.39 is 13.2 Å². The van der Waals surface area contributed by atoms with Crippen molar-refractivity contribution in [3.8, 4) is 0 Å². The lowest BCUT2D eigenvalue weighted by molar-refractivity contribution is 0.139. The molecule has 0 saturated carbocycles. The van der Waals surface area contributed by atoms with Crippen molar-refractivity contribution in [1.29, 1.82) is 0 Å². The Kier molecular flexibility index (Phi) is 6.13. The molecule has 92 valence electrons. The first-order valence-electron chi connectivity index (χ1n) is 5.49. The Labute approximate surface area is 101 Å². The number of ether oxygens (including phenoxy) is 1. The van der Waals surface area contributed by atoms with E-state index in [0.717, 1.165) is 5.56 Å². The van der Waals surface area contributed by atoms with Crippen LogP contribution in [-0.2, 0) is 11.3 Å². The Morgan fingerprint density at radius 1 is 1.29 bits per heavy atom. The van der Waals surface area contributed by atoms with Crippen LogP contribution in [0.3, 0.4) is 0 Å². The van der Waals surface area contributed by atoms with Gasteiger partial charge < -0.3 is 20.1 Å². The van der Waals surface area contributed by atoms with Gasteiger partial charge in [0.2, 0.25) is 0 Å². The largest absolute Gasteiger partial charge is 0.451 e. The van der Waals surface area contributed by atoms with E-state index in [0.29, 0.717) is 13.0 Å². The molecule has 5 nitrogen and oxygen atoms in total. The monoisotopic (exact) mass is 237 g/mol. The molecule has 1 amide bonds. The first-order chi connectivity index (χ1) is 8.18. The molecule has 1 aromatic carbocycles. The first-order valence-corrected chi connectivity index (χ1v) is 5.49. The van der Waals surface area contributed by atoms with Crippen LogP contribution in [0.25, 0.3) is 0 Å². The summed E-state index contributed by atoms with van der Waals surface area (Å²) in [7, 11) is -1.32. The van der Waals surface area contributed by atoms with Crippen LogP contribution in [0.1, 0.15) is 12.0 Å². The van der Waals surface area contributed by atoms with Crippen molar-refractivity contribution in [3.05, 3.63) is 35.9 Å². The van der Waals surface area contributed by atoms with Crippen molar-refractivity contribution in [3.63, 3.8) is 0 Å². The molecule has 0 aliphatic heterocycles. The second-order valence-electron chi connectivity index (χ2n) is 3.61. The normalized spacial score (nSPS) is 9.76. The van der Waals surface area contributed by atoms with Gasteiger partial charge in [-0.05, 0) is 18.3 Å². The van der Waals surface area contributed by atoms with Gasteiger partial charge in [-0.1, -0.05) is 30.3 Å². The molecular weight excluding hydrogens is 221 g/mol. The van der Waals surface area contributed by atoms with E-state index in [1.165, 1.54) is 0 Å². The molecule has 0 atom stereocenters. The van der Waals surface area contributed by atoms with Crippen LogP contribution in [0.5, 0.6) is 0 Å². The molecule has 3 N–H and O–H groups in total. The Morgan fingerprint density at radius 3 is 2.65 bits per heavy atom. The number of amides is 1. The van der Waals surface area contributed by atoms with Crippen LogP contribution in [0.2, 0.25) is 6.32 Å². The molecule has 0 fully saturated rings. The molecule has 17 heavy (non-hydrogen) atoms. The second kappa shape index (κ2) is 7.70. The highest BCUT2D eigenvalue weighted by molar-refractivity contribution is 6.40. The summed E-state index contributed by atoms with van der Waals surface area (Å²) in [5.41, 5.74) is 0.924. The van der Waals surface area contributed by atoms with E-state index in [9.17, 15) is 4.79 Å². The van der Waals surface area contributed by atoms with Crippen LogP contribution >= 0.6 is 0 Å². The van der Waals surface area contributed by atoms with Crippen LogP contribution in [0, 0.1) is 0 Å². The standard InChI is InChI=1S/C11H16BNO4/c14-11(13-8-4-7-12(15)16)17-9-10-5-2-1-3-6-10/h1-3,5-6,15-16H,4,7-9H2,(H,13,14). The maximum atomic E-state index is 11.2. The highest BCUT2D eigenvalue weighted by atomic mass is 16.5. The number of rotatable bonds is 6. The molecule has 1 aromatic rings. The molecule has 0 radical (unpaired) electrons. The molecule has 6 heteroatoms. The SMILES string of the molecule is O=C(NCCCB(O)O)OCc1ccccc1. The molecule has 0 aromatic heterocycles. The summed E-state index contributed by atoms with van der Waals surface area (Å²) >= 11 is 0. The third-order valence-electron chi connectivity index (χ3n) is 2.12. The molecule has 0 unspecified atom stereocenters.